The first-order valence-corrected chi connectivity index (χ1v) is 7.82. The van der Waals surface area contributed by atoms with Crippen molar-refractivity contribution in [1.82, 2.24) is 20.0 Å². The summed E-state index contributed by atoms with van der Waals surface area (Å²) in [7, 11) is 5.47. The van der Waals surface area contributed by atoms with E-state index in [1.165, 1.54) is 0 Å². The Hall–Kier alpha value is -2.48. The minimum absolute atomic E-state index is 0.0641. The van der Waals surface area contributed by atoms with Gasteiger partial charge in [0.1, 0.15) is 5.82 Å². The molecule has 1 aliphatic rings. The number of ether oxygens (including phenoxy) is 1. The van der Waals surface area contributed by atoms with Gasteiger partial charge in [-0.1, -0.05) is 5.16 Å². The molecule has 128 valence electrons. The standard InChI is InChI=1S/C16H21N5O3/c1-20(2)13-8-11(4-5-17-13)15-18-16(24-19-15)12-9-14(22)21(10-12)6-7-23-3/h4-5,8,12H,6-7,9-10H2,1-3H3. The molecule has 1 aliphatic heterocycles. The van der Waals surface area contributed by atoms with Crippen molar-refractivity contribution in [3.8, 4) is 11.4 Å². The van der Waals surface area contributed by atoms with E-state index in [0.717, 1.165) is 11.4 Å². The molecule has 0 radical (unpaired) electrons. The lowest BCUT2D eigenvalue weighted by Crippen LogP contribution is -2.28. The molecule has 0 spiro atoms. The Morgan fingerprint density at radius 1 is 1.46 bits per heavy atom. The maximum absolute atomic E-state index is 12.0. The summed E-state index contributed by atoms with van der Waals surface area (Å²) in [5.41, 5.74) is 0.837. The lowest BCUT2D eigenvalue weighted by molar-refractivity contribution is -0.128. The van der Waals surface area contributed by atoms with Gasteiger partial charge in [0, 0.05) is 52.5 Å². The topological polar surface area (TPSA) is 84.6 Å². The third kappa shape index (κ3) is 3.38. The molecule has 2 aromatic rings. The Kier molecular flexibility index (Phi) is 4.75. The molecule has 0 aromatic carbocycles. The number of nitrogens with zero attached hydrogens (tertiary/aromatic N) is 5. The fraction of sp³-hybridized carbons (Fsp3) is 0.500. The van der Waals surface area contributed by atoms with Crippen LogP contribution in [0.1, 0.15) is 18.2 Å². The highest BCUT2D eigenvalue weighted by Gasteiger charge is 2.34. The van der Waals surface area contributed by atoms with Gasteiger partial charge >= 0.3 is 0 Å². The normalized spacial score (nSPS) is 17.5. The van der Waals surface area contributed by atoms with Crippen LogP contribution in [0.15, 0.2) is 22.9 Å². The van der Waals surface area contributed by atoms with Crippen LogP contribution in [0.5, 0.6) is 0 Å². The van der Waals surface area contributed by atoms with E-state index in [2.05, 4.69) is 15.1 Å². The first-order chi connectivity index (χ1) is 11.6. The summed E-state index contributed by atoms with van der Waals surface area (Å²) in [6, 6.07) is 3.74. The minimum atomic E-state index is -0.0641. The van der Waals surface area contributed by atoms with Gasteiger partial charge in [-0.15, -0.1) is 0 Å². The van der Waals surface area contributed by atoms with Crippen LogP contribution >= 0.6 is 0 Å². The zero-order valence-electron chi connectivity index (χ0n) is 14.1. The van der Waals surface area contributed by atoms with Gasteiger partial charge in [-0.3, -0.25) is 4.79 Å². The molecule has 0 bridgehead atoms. The van der Waals surface area contributed by atoms with Gasteiger partial charge in [-0.05, 0) is 12.1 Å². The predicted molar refractivity (Wildman–Crippen MR) is 87.7 cm³/mol. The van der Waals surface area contributed by atoms with Crippen LogP contribution in [-0.2, 0) is 9.53 Å². The van der Waals surface area contributed by atoms with Crippen molar-refractivity contribution in [1.29, 1.82) is 0 Å². The Morgan fingerprint density at radius 2 is 2.29 bits per heavy atom. The Labute approximate surface area is 140 Å². The molecule has 8 nitrogen and oxygen atoms in total. The van der Waals surface area contributed by atoms with E-state index in [-0.39, 0.29) is 11.8 Å². The zero-order valence-corrected chi connectivity index (χ0v) is 14.1. The Morgan fingerprint density at radius 3 is 3.04 bits per heavy atom. The second kappa shape index (κ2) is 6.96. The van der Waals surface area contributed by atoms with Crippen LogP contribution in [0.3, 0.4) is 0 Å². The number of amides is 1. The average Bonchev–Trinajstić information content (AvgIpc) is 3.20. The number of aromatic nitrogens is 3. The van der Waals surface area contributed by atoms with E-state index >= 15 is 0 Å². The molecule has 3 rings (SSSR count). The van der Waals surface area contributed by atoms with Crippen molar-refractivity contribution in [2.24, 2.45) is 0 Å². The van der Waals surface area contributed by atoms with Gasteiger partial charge in [0.2, 0.25) is 17.6 Å². The smallest absolute Gasteiger partial charge is 0.232 e. The lowest BCUT2D eigenvalue weighted by atomic mass is 10.1. The maximum Gasteiger partial charge on any atom is 0.232 e. The van der Waals surface area contributed by atoms with Crippen molar-refractivity contribution < 1.29 is 14.1 Å². The van der Waals surface area contributed by atoms with E-state index in [1.54, 1.807) is 18.2 Å². The number of rotatable bonds is 6. The molecule has 1 atom stereocenters. The number of likely N-dealkylation sites (tertiary alicyclic amines) is 1. The van der Waals surface area contributed by atoms with Crippen molar-refractivity contribution in [3.63, 3.8) is 0 Å². The van der Waals surface area contributed by atoms with E-state index < -0.39 is 0 Å². The highest BCUT2D eigenvalue weighted by atomic mass is 16.5. The van der Waals surface area contributed by atoms with Crippen molar-refractivity contribution >= 4 is 11.7 Å². The first kappa shape index (κ1) is 16.4. The SMILES string of the molecule is COCCN1CC(c2nc(-c3ccnc(N(C)C)c3)no2)CC1=O. The minimum Gasteiger partial charge on any atom is -0.383 e. The van der Waals surface area contributed by atoms with Gasteiger partial charge in [0.25, 0.3) is 0 Å². The van der Waals surface area contributed by atoms with E-state index in [0.29, 0.717) is 37.8 Å². The second-order valence-corrected chi connectivity index (χ2v) is 5.99. The highest BCUT2D eigenvalue weighted by Crippen LogP contribution is 2.28. The summed E-state index contributed by atoms with van der Waals surface area (Å²) in [5.74, 6) is 1.86. The molecule has 1 unspecified atom stereocenters. The van der Waals surface area contributed by atoms with Crippen LogP contribution in [0.25, 0.3) is 11.4 Å². The van der Waals surface area contributed by atoms with Gasteiger partial charge in [0.15, 0.2) is 0 Å². The summed E-state index contributed by atoms with van der Waals surface area (Å²) < 4.78 is 10.4. The molecular weight excluding hydrogens is 310 g/mol. The Bertz CT molecular complexity index is 715. The number of carbonyl (C=O) groups excluding carboxylic acids is 1. The van der Waals surface area contributed by atoms with Crippen LogP contribution in [0.2, 0.25) is 0 Å². The van der Waals surface area contributed by atoms with Gasteiger partial charge in [-0.2, -0.15) is 4.98 Å². The molecule has 8 heteroatoms. The molecule has 1 saturated heterocycles. The number of anilines is 1. The molecule has 0 N–H and O–H groups in total. The van der Waals surface area contributed by atoms with Gasteiger partial charge < -0.3 is 19.1 Å². The van der Waals surface area contributed by atoms with E-state index in [9.17, 15) is 4.79 Å². The summed E-state index contributed by atoms with van der Waals surface area (Å²) in [4.78, 5) is 24.5. The first-order valence-electron chi connectivity index (χ1n) is 7.82. The van der Waals surface area contributed by atoms with Crippen molar-refractivity contribution in [2.45, 2.75) is 12.3 Å². The third-order valence-corrected chi connectivity index (χ3v) is 4.03. The second-order valence-electron chi connectivity index (χ2n) is 5.99. The molecule has 3 heterocycles. The molecule has 24 heavy (non-hydrogen) atoms. The third-order valence-electron chi connectivity index (χ3n) is 4.03. The molecule has 2 aromatic heterocycles. The van der Waals surface area contributed by atoms with Crippen molar-refractivity contribution in [2.75, 3.05) is 45.8 Å². The molecular formula is C16H21N5O3. The fourth-order valence-corrected chi connectivity index (χ4v) is 2.68. The van der Waals surface area contributed by atoms with Gasteiger partial charge in [0.05, 0.1) is 12.5 Å². The summed E-state index contributed by atoms with van der Waals surface area (Å²) >= 11 is 0. The number of hydrogen-bond acceptors (Lipinski definition) is 7. The molecule has 0 aliphatic carbocycles. The van der Waals surface area contributed by atoms with Crippen LogP contribution in [0.4, 0.5) is 5.82 Å². The largest absolute Gasteiger partial charge is 0.383 e. The number of pyridine rings is 1. The molecule has 1 fully saturated rings. The number of hydrogen-bond donors (Lipinski definition) is 0. The zero-order chi connectivity index (χ0) is 17.1. The molecule has 0 saturated carbocycles. The molecule has 1 amide bonds. The summed E-state index contributed by atoms with van der Waals surface area (Å²) in [6.07, 6.45) is 2.11. The van der Waals surface area contributed by atoms with Crippen LogP contribution in [0, 0.1) is 0 Å². The maximum atomic E-state index is 12.0. The quantitative estimate of drug-likeness (QED) is 0.785. The number of methoxy groups -OCH3 is 1. The summed E-state index contributed by atoms with van der Waals surface area (Å²) in [5, 5.41) is 4.06. The van der Waals surface area contributed by atoms with Gasteiger partial charge in [-0.25, -0.2) is 4.98 Å². The average molecular weight is 331 g/mol. The van der Waals surface area contributed by atoms with Crippen LogP contribution in [-0.4, -0.2) is 66.8 Å². The fourth-order valence-electron chi connectivity index (χ4n) is 2.68. The van der Waals surface area contributed by atoms with Crippen molar-refractivity contribution in [3.05, 3.63) is 24.2 Å². The van der Waals surface area contributed by atoms with E-state index in [4.69, 9.17) is 9.26 Å². The van der Waals surface area contributed by atoms with Crippen LogP contribution < -0.4 is 4.90 Å². The Balaban J connectivity index is 1.74. The predicted octanol–water partition coefficient (Wildman–Crippen LogP) is 1.16. The summed E-state index contributed by atoms with van der Waals surface area (Å²) in [6.45, 7) is 1.70. The number of carbonyl (C=O) groups is 1. The monoisotopic (exact) mass is 331 g/mol. The highest BCUT2D eigenvalue weighted by molar-refractivity contribution is 5.79. The van der Waals surface area contributed by atoms with E-state index in [1.807, 2.05) is 31.1 Å². The lowest BCUT2D eigenvalue weighted by Gasteiger charge is -2.14.